The molecule has 0 saturated heterocycles. The highest BCUT2D eigenvalue weighted by molar-refractivity contribution is 5.99. The van der Waals surface area contributed by atoms with E-state index in [0.29, 0.717) is 6.42 Å². The molecule has 0 N–H and O–H groups in total. The summed E-state index contributed by atoms with van der Waals surface area (Å²) in [7, 11) is 0. The lowest BCUT2D eigenvalue weighted by atomic mass is 10.0. The van der Waals surface area contributed by atoms with Gasteiger partial charge in [0.1, 0.15) is 11.7 Å². The first-order valence-corrected chi connectivity index (χ1v) is 7.37. The lowest BCUT2D eigenvalue weighted by Gasteiger charge is -2.23. The van der Waals surface area contributed by atoms with Crippen LogP contribution in [0.25, 0.3) is 0 Å². The van der Waals surface area contributed by atoms with Crippen molar-refractivity contribution in [3.05, 3.63) is 48.3 Å². The average molecular weight is 320 g/mol. The van der Waals surface area contributed by atoms with E-state index in [9.17, 15) is 9.59 Å². The van der Waals surface area contributed by atoms with Crippen LogP contribution in [-0.4, -0.2) is 30.1 Å². The predicted molar refractivity (Wildman–Crippen MR) is 81.3 cm³/mol. The lowest BCUT2D eigenvalue weighted by Crippen LogP contribution is -2.35. The maximum absolute atomic E-state index is 12.2. The van der Waals surface area contributed by atoms with Crippen LogP contribution >= 0.6 is 0 Å². The molecule has 6 heteroatoms. The summed E-state index contributed by atoms with van der Waals surface area (Å²) in [6.45, 7) is 5.38. The normalized spacial score (nSPS) is 12.8. The van der Waals surface area contributed by atoms with Crippen molar-refractivity contribution in [2.45, 2.75) is 38.9 Å². The molecule has 124 valence electrons. The number of rotatable bonds is 8. The number of carbonyl (C=O) groups excluding carboxylic acids is 2. The number of esters is 1. The Hall–Kier alpha value is -2.34. The third-order valence-corrected chi connectivity index (χ3v) is 3.31. The first-order chi connectivity index (χ1) is 10.9. The molecule has 0 spiro atoms. The number of carbonyl (C=O) groups is 2. The lowest BCUT2D eigenvalue weighted by molar-refractivity contribution is -0.0221. The van der Waals surface area contributed by atoms with E-state index in [1.54, 1.807) is 39.0 Å². The van der Waals surface area contributed by atoms with Crippen molar-refractivity contribution in [1.29, 1.82) is 0 Å². The number of ether oxygens (including phenoxy) is 2. The van der Waals surface area contributed by atoms with Crippen LogP contribution in [0.15, 0.2) is 45.6 Å². The predicted octanol–water partition coefficient (Wildman–Crippen LogP) is 3.49. The van der Waals surface area contributed by atoms with Gasteiger partial charge in [-0.2, -0.15) is 0 Å². The van der Waals surface area contributed by atoms with Crippen molar-refractivity contribution in [3.63, 3.8) is 0 Å². The Morgan fingerprint density at radius 3 is 2.30 bits per heavy atom. The molecular formula is C17H20O6. The maximum Gasteiger partial charge on any atom is 0.374 e. The Bertz CT molecular complexity index is 624. The minimum Gasteiger partial charge on any atom is -0.461 e. The summed E-state index contributed by atoms with van der Waals surface area (Å²) in [6, 6.07) is 6.41. The van der Waals surface area contributed by atoms with Crippen molar-refractivity contribution in [1.82, 2.24) is 0 Å². The van der Waals surface area contributed by atoms with Crippen LogP contribution in [0, 0.1) is 0 Å². The molecule has 2 aromatic heterocycles. The maximum atomic E-state index is 12.2. The summed E-state index contributed by atoms with van der Waals surface area (Å²) in [5, 5.41) is 0. The molecule has 2 rings (SSSR count). The molecule has 0 aliphatic heterocycles. The van der Waals surface area contributed by atoms with Crippen LogP contribution in [0.1, 0.15) is 48.3 Å². The van der Waals surface area contributed by atoms with Crippen LogP contribution < -0.4 is 0 Å². The van der Waals surface area contributed by atoms with Crippen LogP contribution in [0.2, 0.25) is 0 Å². The van der Waals surface area contributed by atoms with Crippen LogP contribution in [-0.2, 0) is 9.47 Å². The summed E-state index contributed by atoms with van der Waals surface area (Å²) in [5.74, 6) is -0.338. The number of hydrogen-bond acceptors (Lipinski definition) is 6. The number of ketones is 1. The van der Waals surface area contributed by atoms with Gasteiger partial charge in [0.2, 0.25) is 11.5 Å². The monoisotopic (exact) mass is 320 g/mol. The molecule has 0 saturated carbocycles. The standard InChI is InChI=1S/C17H20O6/c1-12(23-16(19)14-7-5-10-21-14)8-11-22-17(2,3)15(18)13-6-4-9-20-13/h4-7,9-10,12H,8,11H2,1-3H3. The molecule has 0 aliphatic carbocycles. The molecule has 0 aliphatic rings. The number of furan rings is 2. The third kappa shape index (κ3) is 4.56. The second-order valence-corrected chi connectivity index (χ2v) is 5.65. The van der Waals surface area contributed by atoms with Gasteiger partial charge in [0.25, 0.3) is 0 Å². The largest absolute Gasteiger partial charge is 0.461 e. The fourth-order valence-electron chi connectivity index (χ4n) is 1.94. The molecule has 1 atom stereocenters. The molecule has 0 fully saturated rings. The molecule has 0 aromatic carbocycles. The Labute approximate surface area is 134 Å². The van der Waals surface area contributed by atoms with Crippen molar-refractivity contribution in [2.24, 2.45) is 0 Å². The third-order valence-electron chi connectivity index (χ3n) is 3.31. The summed E-state index contributed by atoms with van der Waals surface area (Å²) < 4.78 is 20.9. The van der Waals surface area contributed by atoms with Gasteiger partial charge < -0.3 is 18.3 Å². The molecule has 0 radical (unpaired) electrons. The van der Waals surface area contributed by atoms with Gasteiger partial charge in [-0.25, -0.2) is 4.79 Å². The van der Waals surface area contributed by atoms with E-state index in [-0.39, 0.29) is 30.0 Å². The quantitative estimate of drug-likeness (QED) is 0.547. The summed E-state index contributed by atoms with van der Waals surface area (Å²) in [4.78, 5) is 23.9. The van der Waals surface area contributed by atoms with E-state index in [1.807, 2.05) is 0 Å². The van der Waals surface area contributed by atoms with E-state index in [1.165, 1.54) is 18.6 Å². The average Bonchev–Trinajstić information content (AvgIpc) is 3.19. The summed E-state index contributed by atoms with van der Waals surface area (Å²) in [6.07, 6.45) is 2.95. The highest BCUT2D eigenvalue weighted by atomic mass is 16.6. The molecule has 2 heterocycles. The molecule has 0 bridgehead atoms. The summed E-state index contributed by atoms with van der Waals surface area (Å²) in [5.41, 5.74) is -1.01. The molecule has 6 nitrogen and oxygen atoms in total. The first kappa shape index (κ1) is 17.0. The van der Waals surface area contributed by atoms with E-state index in [4.69, 9.17) is 18.3 Å². The van der Waals surface area contributed by atoms with Gasteiger partial charge in [0.05, 0.1) is 19.1 Å². The molecule has 2 aromatic rings. The fraction of sp³-hybridized carbons (Fsp3) is 0.412. The fourth-order valence-corrected chi connectivity index (χ4v) is 1.94. The minimum absolute atomic E-state index is 0.158. The van der Waals surface area contributed by atoms with E-state index < -0.39 is 11.6 Å². The Kier molecular flexibility index (Phi) is 5.39. The van der Waals surface area contributed by atoms with Crippen LogP contribution in [0.4, 0.5) is 0 Å². The van der Waals surface area contributed by atoms with Gasteiger partial charge in [-0.15, -0.1) is 0 Å². The molecule has 23 heavy (non-hydrogen) atoms. The number of hydrogen-bond donors (Lipinski definition) is 0. The Morgan fingerprint density at radius 2 is 1.74 bits per heavy atom. The van der Waals surface area contributed by atoms with E-state index in [2.05, 4.69) is 0 Å². The smallest absolute Gasteiger partial charge is 0.374 e. The topological polar surface area (TPSA) is 78.9 Å². The van der Waals surface area contributed by atoms with Gasteiger partial charge in [-0.3, -0.25) is 4.79 Å². The first-order valence-electron chi connectivity index (χ1n) is 7.37. The van der Waals surface area contributed by atoms with Gasteiger partial charge in [-0.05, 0) is 45.0 Å². The van der Waals surface area contributed by atoms with Crippen molar-refractivity contribution in [2.75, 3.05) is 6.61 Å². The highest BCUT2D eigenvalue weighted by Gasteiger charge is 2.31. The van der Waals surface area contributed by atoms with Gasteiger partial charge >= 0.3 is 5.97 Å². The van der Waals surface area contributed by atoms with Crippen LogP contribution in [0.3, 0.4) is 0 Å². The Balaban J connectivity index is 1.77. The van der Waals surface area contributed by atoms with E-state index in [0.717, 1.165) is 0 Å². The minimum atomic E-state index is -1.01. The second kappa shape index (κ2) is 7.28. The molecule has 0 amide bonds. The van der Waals surface area contributed by atoms with Gasteiger partial charge in [0, 0.05) is 6.42 Å². The van der Waals surface area contributed by atoms with Crippen molar-refractivity contribution in [3.8, 4) is 0 Å². The van der Waals surface area contributed by atoms with Crippen molar-refractivity contribution >= 4 is 11.8 Å². The van der Waals surface area contributed by atoms with Gasteiger partial charge in [0.15, 0.2) is 5.76 Å². The summed E-state index contributed by atoms with van der Waals surface area (Å²) >= 11 is 0. The Morgan fingerprint density at radius 1 is 1.13 bits per heavy atom. The molecule has 1 unspecified atom stereocenters. The van der Waals surface area contributed by atoms with Gasteiger partial charge in [-0.1, -0.05) is 0 Å². The second-order valence-electron chi connectivity index (χ2n) is 5.65. The zero-order valence-corrected chi connectivity index (χ0v) is 13.4. The van der Waals surface area contributed by atoms with E-state index >= 15 is 0 Å². The SMILES string of the molecule is CC(CCOC(C)(C)C(=O)c1ccco1)OC(=O)c1ccco1. The van der Waals surface area contributed by atoms with Crippen molar-refractivity contribution < 1.29 is 27.9 Å². The number of Topliss-reactive ketones (excluding diaryl/α,β-unsaturated/α-hetero) is 1. The highest BCUT2D eigenvalue weighted by Crippen LogP contribution is 2.18. The zero-order valence-electron chi connectivity index (χ0n) is 13.4. The van der Waals surface area contributed by atoms with Crippen LogP contribution in [0.5, 0.6) is 0 Å². The molecular weight excluding hydrogens is 300 g/mol. The zero-order chi connectivity index (χ0) is 16.9.